The fraction of sp³-hybridized carbons (Fsp3) is 0.500. The summed E-state index contributed by atoms with van der Waals surface area (Å²) in [6.45, 7) is 5.28. The lowest BCUT2D eigenvalue weighted by atomic mass is 10.1. The topological polar surface area (TPSA) is 53.9 Å². The van der Waals surface area contributed by atoms with Gasteiger partial charge < -0.3 is 5.32 Å². The summed E-state index contributed by atoms with van der Waals surface area (Å²) in [5.74, 6) is 0.0101. The van der Waals surface area contributed by atoms with Gasteiger partial charge in [0.05, 0.1) is 12.0 Å². The van der Waals surface area contributed by atoms with Crippen molar-refractivity contribution in [3.05, 3.63) is 35.4 Å². The predicted octanol–water partition coefficient (Wildman–Crippen LogP) is 2.96. The Morgan fingerprint density at radius 2 is 2.08 bits per heavy atom. The number of nitrogens with zero attached hydrogens (tertiary/aromatic N) is 2. The smallest absolute Gasteiger partial charge is 0.354 e. The number of carbonyl (C=O) groups excluding carboxylic acids is 1. The first-order valence-corrected chi connectivity index (χ1v) is 7.50. The molecule has 1 aliphatic heterocycles. The second kappa shape index (κ2) is 6.43. The number of hydrogen-bond donors (Lipinski definition) is 1. The van der Waals surface area contributed by atoms with Crippen molar-refractivity contribution in [3.8, 4) is 0 Å². The van der Waals surface area contributed by atoms with Crippen molar-refractivity contribution < 1.29 is 22.8 Å². The molecular formula is C16H20F3N3O2. The maximum atomic E-state index is 12.9. The second-order valence-corrected chi connectivity index (χ2v) is 6.18. The highest BCUT2D eigenvalue weighted by atomic mass is 19.4. The van der Waals surface area contributed by atoms with Gasteiger partial charge in [-0.15, -0.1) is 0 Å². The summed E-state index contributed by atoms with van der Waals surface area (Å²) in [5.41, 5.74) is -1.64. The fourth-order valence-corrected chi connectivity index (χ4v) is 2.48. The number of rotatable bonds is 4. The van der Waals surface area contributed by atoms with Gasteiger partial charge in [-0.25, -0.2) is 14.9 Å². The Morgan fingerprint density at radius 1 is 1.42 bits per heavy atom. The van der Waals surface area contributed by atoms with E-state index in [2.05, 4.69) is 10.3 Å². The van der Waals surface area contributed by atoms with Gasteiger partial charge in [0.2, 0.25) is 5.91 Å². The van der Waals surface area contributed by atoms with Crippen LogP contribution in [0.25, 0.3) is 0 Å². The quantitative estimate of drug-likeness (QED) is 0.914. The third-order valence-electron chi connectivity index (χ3n) is 3.36. The average molecular weight is 343 g/mol. The summed E-state index contributed by atoms with van der Waals surface area (Å²) in [6, 6.07) is 4.82. The maximum absolute atomic E-state index is 12.9. The van der Waals surface area contributed by atoms with E-state index in [0.717, 1.165) is 12.1 Å². The van der Waals surface area contributed by atoms with Crippen molar-refractivity contribution in [1.29, 1.82) is 0 Å². The average Bonchev–Trinajstić information content (AvgIpc) is 2.71. The van der Waals surface area contributed by atoms with E-state index in [1.165, 1.54) is 17.2 Å². The van der Waals surface area contributed by atoms with Gasteiger partial charge >= 0.3 is 6.18 Å². The number of alkyl halides is 3. The molecule has 5 nitrogen and oxygen atoms in total. The van der Waals surface area contributed by atoms with E-state index in [9.17, 15) is 18.0 Å². The normalized spacial score (nSPS) is 21.2. The Bertz CT molecular complexity index is 658. The lowest BCUT2D eigenvalue weighted by molar-refractivity contribution is -0.166. The summed E-state index contributed by atoms with van der Waals surface area (Å²) in [5, 5.41) is 4.03. The number of amides is 1. The zero-order valence-corrected chi connectivity index (χ0v) is 13.9. The molecule has 24 heavy (non-hydrogen) atoms. The van der Waals surface area contributed by atoms with Gasteiger partial charge in [-0.1, -0.05) is 12.1 Å². The SMILES string of the molecule is CC(C)NC(=O)CC1(C)N=C(c2cccc(C(F)(F)F)c2)N(C)O1. The van der Waals surface area contributed by atoms with Crippen LogP contribution < -0.4 is 5.32 Å². The molecule has 0 saturated heterocycles. The van der Waals surface area contributed by atoms with Crippen molar-refractivity contribution in [1.82, 2.24) is 10.4 Å². The van der Waals surface area contributed by atoms with Crippen molar-refractivity contribution in [2.24, 2.45) is 4.99 Å². The van der Waals surface area contributed by atoms with E-state index in [1.54, 1.807) is 14.0 Å². The molecule has 0 bridgehead atoms. The fourth-order valence-electron chi connectivity index (χ4n) is 2.48. The van der Waals surface area contributed by atoms with Crippen LogP contribution >= 0.6 is 0 Å². The molecular weight excluding hydrogens is 323 g/mol. The van der Waals surface area contributed by atoms with E-state index in [-0.39, 0.29) is 29.8 Å². The van der Waals surface area contributed by atoms with Gasteiger partial charge in [0.15, 0.2) is 11.6 Å². The molecule has 0 aliphatic carbocycles. The maximum Gasteiger partial charge on any atom is 0.416 e. The number of amidine groups is 1. The third-order valence-corrected chi connectivity index (χ3v) is 3.36. The Hall–Kier alpha value is -2.09. The first kappa shape index (κ1) is 18.3. The number of hydrogen-bond acceptors (Lipinski definition) is 4. The van der Waals surface area contributed by atoms with Crippen molar-refractivity contribution in [2.45, 2.75) is 45.1 Å². The van der Waals surface area contributed by atoms with Crippen LogP contribution in [0.1, 0.15) is 38.3 Å². The molecule has 0 radical (unpaired) electrons. The molecule has 1 aromatic rings. The molecule has 1 atom stereocenters. The molecule has 1 N–H and O–H groups in total. The van der Waals surface area contributed by atoms with E-state index >= 15 is 0 Å². The zero-order valence-electron chi connectivity index (χ0n) is 13.9. The van der Waals surface area contributed by atoms with Gasteiger partial charge in [0.1, 0.15) is 0 Å². The largest absolute Gasteiger partial charge is 0.416 e. The van der Waals surface area contributed by atoms with Crippen molar-refractivity contribution in [2.75, 3.05) is 7.05 Å². The summed E-state index contributed by atoms with van der Waals surface area (Å²) in [6.07, 6.45) is -4.47. The minimum absolute atomic E-state index is 0.0212. The van der Waals surface area contributed by atoms with E-state index in [4.69, 9.17) is 4.84 Å². The number of nitrogens with one attached hydrogen (secondary N) is 1. The van der Waals surface area contributed by atoms with Gasteiger partial charge in [0.25, 0.3) is 0 Å². The van der Waals surface area contributed by atoms with Crippen LogP contribution in [0, 0.1) is 0 Å². The number of carbonyl (C=O) groups is 1. The number of hydroxylamine groups is 2. The molecule has 1 aromatic carbocycles. The minimum Gasteiger partial charge on any atom is -0.354 e. The Balaban J connectivity index is 2.26. The molecule has 0 spiro atoms. The van der Waals surface area contributed by atoms with Crippen LogP contribution in [-0.4, -0.2) is 35.6 Å². The number of benzene rings is 1. The van der Waals surface area contributed by atoms with Crippen LogP contribution in [0.15, 0.2) is 29.3 Å². The van der Waals surface area contributed by atoms with Gasteiger partial charge in [-0.05, 0) is 32.9 Å². The molecule has 1 aliphatic rings. The summed E-state index contributed by atoms with van der Waals surface area (Å²) in [7, 11) is 1.55. The minimum atomic E-state index is -4.44. The highest BCUT2D eigenvalue weighted by Crippen LogP contribution is 2.32. The van der Waals surface area contributed by atoms with Crippen LogP contribution in [0.3, 0.4) is 0 Å². The number of halogens is 3. The van der Waals surface area contributed by atoms with Gasteiger partial charge in [-0.2, -0.15) is 13.2 Å². The van der Waals surface area contributed by atoms with Crippen LogP contribution in [0.2, 0.25) is 0 Å². The number of aliphatic imine (C=N–C) groups is 1. The second-order valence-electron chi connectivity index (χ2n) is 6.18. The summed E-state index contributed by atoms with van der Waals surface area (Å²) in [4.78, 5) is 21.8. The monoisotopic (exact) mass is 343 g/mol. The van der Waals surface area contributed by atoms with E-state index < -0.39 is 17.5 Å². The molecule has 1 unspecified atom stereocenters. The molecule has 1 amide bonds. The molecule has 0 aromatic heterocycles. The van der Waals surface area contributed by atoms with E-state index in [0.29, 0.717) is 0 Å². The summed E-state index contributed by atoms with van der Waals surface area (Å²) >= 11 is 0. The van der Waals surface area contributed by atoms with Crippen LogP contribution in [0.4, 0.5) is 13.2 Å². The van der Waals surface area contributed by atoms with Crippen LogP contribution in [-0.2, 0) is 15.8 Å². The lowest BCUT2D eigenvalue weighted by Gasteiger charge is -2.22. The molecule has 2 rings (SSSR count). The van der Waals surface area contributed by atoms with Crippen LogP contribution in [0.5, 0.6) is 0 Å². The van der Waals surface area contributed by atoms with Gasteiger partial charge in [-0.3, -0.25) is 4.79 Å². The molecule has 132 valence electrons. The van der Waals surface area contributed by atoms with E-state index in [1.807, 2.05) is 13.8 Å². The molecule has 0 saturated carbocycles. The molecule has 1 heterocycles. The Morgan fingerprint density at radius 3 is 2.67 bits per heavy atom. The Kier molecular flexibility index (Phi) is 4.89. The Labute approximate surface area is 138 Å². The highest BCUT2D eigenvalue weighted by molar-refractivity contribution is 5.99. The first-order valence-electron chi connectivity index (χ1n) is 7.50. The standard InChI is InChI=1S/C16H20F3N3O2/c1-10(2)20-13(23)9-15(3)21-14(22(4)24-15)11-6-5-7-12(8-11)16(17,18)19/h5-8,10H,9H2,1-4H3,(H,20,23). The van der Waals surface area contributed by atoms with Gasteiger partial charge in [0, 0.05) is 18.7 Å². The predicted molar refractivity (Wildman–Crippen MR) is 83.1 cm³/mol. The highest BCUT2D eigenvalue weighted by Gasteiger charge is 2.38. The lowest BCUT2D eigenvalue weighted by Crippen LogP contribution is -2.38. The van der Waals surface area contributed by atoms with Crippen molar-refractivity contribution >= 4 is 11.7 Å². The van der Waals surface area contributed by atoms with Crippen molar-refractivity contribution in [3.63, 3.8) is 0 Å². The third kappa shape index (κ3) is 4.25. The first-order chi connectivity index (χ1) is 11.0. The summed E-state index contributed by atoms with van der Waals surface area (Å²) < 4.78 is 38.6. The molecule has 8 heteroatoms. The zero-order chi connectivity index (χ0) is 18.1. The molecule has 0 fully saturated rings.